The smallest absolute Gasteiger partial charge is 0.322 e. The number of carbonyl (C=O) groups excluding carboxylic acids is 1. The fourth-order valence-electron chi connectivity index (χ4n) is 1.01. The summed E-state index contributed by atoms with van der Waals surface area (Å²) >= 11 is 0. The van der Waals surface area contributed by atoms with E-state index in [0.29, 0.717) is 13.0 Å². The molecule has 0 saturated heterocycles. The Morgan fingerprint density at radius 3 is 2.85 bits per heavy atom. The van der Waals surface area contributed by atoms with Crippen molar-refractivity contribution < 1.29 is 14.3 Å². The first-order valence-corrected chi connectivity index (χ1v) is 4.65. The summed E-state index contributed by atoms with van der Waals surface area (Å²) in [6, 6.07) is -0.538. The summed E-state index contributed by atoms with van der Waals surface area (Å²) in [5, 5.41) is 0. The van der Waals surface area contributed by atoms with Gasteiger partial charge in [-0.1, -0.05) is 0 Å². The molecule has 1 rings (SSSR count). The van der Waals surface area contributed by atoms with E-state index in [-0.39, 0.29) is 5.97 Å². The van der Waals surface area contributed by atoms with Crippen LogP contribution in [0.25, 0.3) is 0 Å². The molecule has 0 spiro atoms. The molecule has 76 valence electrons. The molecule has 1 fully saturated rings. The summed E-state index contributed by atoms with van der Waals surface area (Å²) in [5.41, 5.74) is 5.51. The largest absolute Gasteiger partial charge is 0.468 e. The first-order valence-electron chi connectivity index (χ1n) is 4.65. The van der Waals surface area contributed by atoms with Crippen LogP contribution in [0.5, 0.6) is 0 Å². The lowest BCUT2D eigenvalue weighted by atomic mass is 10.2. The van der Waals surface area contributed by atoms with Gasteiger partial charge in [-0.3, -0.25) is 4.79 Å². The number of nitrogens with two attached hydrogens (primary N) is 1. The van der Waals surface area contributed by atoms with Crippen molar-refractivity contribution in [3.63, 3.8) is 0 Å². The van der Waals surface area contributed by atoms with Crippen molar-refractivity contribution in [3.05, 3.63) is 0 Å². The maximum atomic E-state index is 10.8. The highest BCUT2D eigenvalue weighted by Gasteiger charge is 2.21. The maximum absolute atomic E-state index is 10.8. The second-order valence-corrected chi connectivity index (χ2v) is 3.44. The molecule has 13 heavy (non-hydrogen) atoms. The Hall–Kier alpha value is -0.610. The molecule has 1 unspecified atom stereocenters. The number of hydrogen-bond donors (Lipinski definition) is 1. The highest BCUT2D eigenvalue weighted by molar-refractivity contribution is 5.75. The number of hydrogen-bond acceptors (Lipinski definition) is 4. The average Bonchev–Trinajstić information content (AvgIpc) is 2.94. The standard InChI is InChI=1S/C9H17NO3/c1-12-9(11)8(10)4-5-13-6-7-2-3-7/h7-8H,2-6,10H2,1H3. The lowest BCUT2D eigenvalue weighted by molar-refractivity contribution is -0.142. The fourth-order valence-corrected chi connectivity index (χ4v) is 1.01. The van der Waals surface area contributed by atoms with Gasteiger partial charge < -0.3 is 15.2 Å². The van der Waals surface area contributed by atoms with E-state index in [9.17, 15) is 4.79 Å². The SMILES string of the molecule is COC(=O)C(N)CCOCC1CC1. The Bertz CT molecular complexity index is 168. The molecule has 1 saturated carbocycles. The Morgan fingerprint density at radius 1 is 1.62 bits per heavy atom. The minimum Gasteiger partial charge on any atom is -0.468 e. The zero-order chi connectivity index (χ0) is 9.68. The quantitative estimate of drug-likeness (QED) is 0.480. The maximum Gasteiger partial charge on any atom is 0.322 e. The number of esters is 1. The van der Waals surface area contributed by atoms with E-state index in [1.807, 2.05) is 0 Å². The van der Waals surface area contributed by atoms with Gasteiger partial charge >= 0.3 is 5.97 Å². The van der Waals surface area contributed by atoms with Gasteiger partial charge in [-0.2, -0.15) is 0 Å². The van der Waals surface area contributed by atoms with E-state index in [1.54, 1.807) is 0 Å². The zero-order valence-corrected chi connectivity index (χ0v) is 7.99. The van der Waals surface area contributed by atoms with Crippen LogP contribution in [0.15, 0.2) is 0 Å². The van der Waals surface area contributed by atoms with Crippen LogP contribution in [0.2, 0.25) is 0 Å². The second-order valence-electron chi connectivity index (χ2n) is 3.44. The summed E-state index contributed by atoms with van der Waals surface area (Å²) in [5.74, 6) is 0.393. The third-order valence-electron chi connectivity index (χ3n) is 2.13. The van der Waals surface area contributed by atoms with E-state index >= 15 is 0 Å². The van der Waals surface area contributed by atoms with Gasteiger partial charge in [0.05, 0.1) is 7.11 Å². The lowest BCUT2D eigenvalue weighted by Crippen LogP contribution is -2.32. The van der Waals surface area contributed by atoms with Gasteiger partial charge in [0, 0.05) is 13.2 Å². The predicted molar refractivity (Wildman–Crippen MR) is 48.2 cm³/mol. The summed E-state index contributed by atoms with van der Waals surface area (Å²) in [6.45, 7) is 1.36. The summed E-state index contributed by atoms with van der Waals surface area (Å²) < 4.78 is 9.82. The van der Waals surface area contributed by atoms with Crippen molar-refractivity contribution in [3.8, 4) is 0 Å². The van der Waals surface area contributed by atoms with Crippen molar-refractivity contribution in [2.45, 2.75) is 25.3 Å². The van der Waals surface area contributed by atoms with Gasteiger partial charge in [0.2, 0.25) is 0 Å². The number of carbonyl (C=O) groups is 1. The Labute approximate surface area is 78.4 Å². The number of methoxy groups -OCH3 is 1. The molecule has 0 aromatic carbocycles. The minimum absolute atomic E-state index is 0.366. The molecule has 0 radical (unpaired) electrons. The molecule has 4 nitrogen and oxygen atoms in total. The monoisotopic (exact) mass is 187 g/mol. The average molecular weight is 187 g/mol. The molecule has 2 N–H and O–H groups in total. The third kappa shape index (κ3) is 4.24. The highest BCUT2D eigenvalue weighted by Crippen LogP contribution is 2.28. The van der Waals surface area contributed by atoms with E-state index < -0.39 is 6.04 Å². The van der Waals surface area contributed by atoms with Gasteiger partial charge in [-0.05, 0) is 25.2 Å². The van der Waals surface area contributed by atoms with Crippen molar-refractivity contribution in [1.82, 2.24) is 0 Å². The molecular formula is C9H17NO3. The van der Waals surface area contributed by atoms with Crippen LogP contribution in [0.4, 0.5) is 0 Å². The van der Waals surface area contributed by atoms with Crippen LogP contribution in [0.3, 0.4) is 0 Å². The normalized spacial score (nSPS) is 18.3. The number of rotatable bonds is 6. The Kier molecular flexibility index (Phi) is 4.18. The molecular weight excluding hydrogens is 170 g/mol. The second kappa shape index (κ2) is 5.19. The Balaban J connectivity index is 1.93. The number of ether oxygens (including phenoxy) is 2. The summed E-state index contributed by atoms with van der Waals surface area (Å²) in [4.78, 5) is 10.8. The molecule has 0 heterocycles. The first kappa shape index (κ1) is 10.5. The van der Waals surface area contributed by atoms with Gasteiger partial charge in [0.25, 0.3) is 0 Å². The van der Waals surface area contributed by atoms with E-state index in [1.165, 1.54) is 20.0 Å². The minimum atomic E-state index is -0.538. The van der Waals surface area contributed by atoms with Crippen molar-refractivity contribution in [1.29, 1.82) is 0 Å². The topological polar surface area (TPSA) is 61.5 Å². The zero-order valence-electron chi connectivity index (χ0n) is 7.99. The summed E-state index contributed by atoms with van der Waals surface area (Å²) in [6.07, 6.45) is 3.10. The molecule has 4 heteroatoms. The summed E-state index contributed by atoms with van der Waals surface area (Å²) in [7, 11) is 1.34. The Morgan fingerprint density at radius 2 is 2.31 bits per heavy atom. The van der Waals surface area contributed by atoms with Gasteiger partial charge in [0.1, 0.15) is 6.04 Å². The van der Waals surface area contributed by atoms with Crippen LogP contribution >= 0.6 is 0 Å². The van der Waals surface area contributed by atoms with Gasteiger partial charge in [-0.25, -0.2) is 0 Å². The van der Waals surface area contributed by atoms with Gasteiger partial charge in [0.15, 0.2) is 0 Å². The molecule has 0 aromatic rings. The van der Waals surface area contributed by atoms with Crippen LogP contribution in [-0.4, -0.2) is 32.3 Å². The molecule has 0 amide bonds. The lowest BCUT2D eigenvalue weighted by Gasteiger charge is -2.08. The third-order valence-corrected chi connectivity index (χ3v) is 2.13. The van der Waals surface area contributed by atoms with Crippen LogP contribution in [0, 0.1) is 5.92 Å². The highest BCUT2D eigenvalue weighted by atomic mass is 16.5. The van der Waals surface area contributed by atoms with Crippen LogP contribution in [-0.2, 0) is 14.3 Å². The predicted octanol–water partition coefficient (Wildman–Crippen LogP) is 0.303. The van der Waals surface area contributed by atoms with Crippen molar-refractivity contribution in [2.24, 2.45) is 11.7 Å². The van der Waals surface area contributed by atoms with Crippen molar-refractivity contribution >= 4 is 5.97 Å². The van der Waals surface area contributed by atoms with Crippen LogP contribution < -0.4 is 5.73 Å². The van der Waals surface area contributed by atoms with Crippen LogP contribution in [0.1, 0.15) is 19.3 Å². The molecule has 0 aliphatic heterocycles. The van der Waals surface area contributed by atoms with Crippen molar-refractivity contribution in [2.75, 3.05) is 20.3 Å². The molecule has 0 bridgehead atoms. The van der Waals surface area contributed by atoms with E-state index in [0.717, 1.165) is 12.5 Å². The first-order chi connectivity index (χ1) is 6.24. The molecule has 1 atom stereocenters. The van der Waals surface area contributed by atoms with E-state index in [2.05, 4.69) is 4.74 Å². The molecule has 1 aliphatic rings. The molecule has 0 aromatic heterocycles. The fraction of sp³-hybridized carbons (Fsp3) is 0.889. The van der Waals surface area contributed by atoms with Gasteiger partial charge in [-0.15, -0.1) is 0 Å². The molecule has 1 aliphatic carbocycles. The van der Waals surface area contributed by atoms with E-state index in [4.69, 9.17) is 10.5 Å².